The second-order valence-electron chi connectivity index (χ2n) is 4.46. The molecule has 2 nitrogen and oxygen atoms in total. The van der Waals surface area contributed by atoms with Crippen molar-refractivity contribution in [2.75, 3.05) is 0 Å². The molecule has 0 unspecified atom stereocenters. The molecular formula is C13H12N2S. The zero-order chi connectivity index (χ0) is 11.2. The van der Waals surface area contributed by atoms with Crippen molar-refractivity contribution in [3.05, 3.63) is 28.8 Å². The molecule has 0 bridgehead atoms. The summed E-state index contributed by atoms with van der Waals surface area (Å²) in [6.07, 6.45) is 3.19. The monoisotopic (exact) mass is 228 g/mol. The molecule has 1 saturated carbocycles. The molecule has 1 heterocycles. The average molecular weight is 228 g/mol. The van der Waals surface area contributed by atoms with Gasteiger partial charge in [0.1, 0.15) is 0 Å². The van der Waals surface area contributed by atoms with Crippen LogP contribution in [0, 0.1) is 18.3 Å². The van der Waals surface area contributed by atoms with Crippen LogP contribution in [0.5, 0.6) is 0 Å². The standard InChI is InChI=1S/C13H12N2S/c1-9-15-11-4-3-10(7-12(11)16-9)13(8-14)5-2-6-13/h3-4,7H,2,5-6H2,1H3. The van der Waals surface area contributed by atoms with E-state index in [1.165, 1.54) is 16.7 Å². The van der Waals surface area contributed by atoms with Crippen LogP contribution in [0.4, 0.5) is 0 Å². The zero-order valence-corrected chi connectivity index (χ0v) is 9.97. The summed E-state index contributed by atoms with van der Waals surface area (Å²) in [5, 5.41) is 10.4. The molecule has 16 heavy (non-hydrogen) atoms. The highest BCUT2D eigenvalue weighted by molar-refractivity contribution is 7.18. The first kappa shape index (κ1) is 9.80. The number of benzene rings is 1. The number of aryl methyl sites for hydroxylation is 1. The van der Waals surface area contributed by atoms with Gasteiger partial charge in [-0.3, -0.25) is 0 Å². The Hall–Kier alpha value is -1.40. The number of nitriles is 1. The fourth-order valence-electron chi connectivity index (χ4n) is 2.33. The Bertz CT molecular complexity index is 587. The molecule has 1 fully saturated rings. The van der Waals surface area contributed by atoms with Crippen molar-refractivity contribution in [3.63, 3.8) is 0 Å². The third-order valence-electron chi connectivity index (χ3n) is 3.47. The quantitative estimate of drug-likeness (QED) is 0.748. The number of hydrogen-bond donors (Lipinski definition) is 0. The van der Waals surface area contributed by atoms with Crippen molar-refractivity contribution >= 4 is 21.6 Å². The van der Waals surface area contributed by atoms with E-state index >= 15 is 0 Å². The molecule has 0 N–H and O–H groups in total. The molecule has 0 spiro atoms. The van der Waals surface area contributed by atoms with Crippen molar-refractivity contribution in [3.8, 4) is 6.07 Å². The van der Waals surface area contributed by atoms with Crippen LogP contribution < -0.4 is 0 Å². The first-order valence-corrected chi connectivity index (χ1v) is 6.34. The van der Waals surface area contributed by atoms with Gasteiger partial charge in [-0.2, -0.15) is 5.26 Å². The molecule has 3 heteroatoms. The zero-order valence-electron chi connectivity index (χ0n) is 9.16. The molecule has 0 atom stereocenters. The highest BCUT2D eigenvalue weighted by Crippen LogP contribution is 2.44. The van der Waals surface area contributed by atoms with Crippen molar-refractivity contribution in [1.82, 2.24) is 4.98 Å². The minimum atomic E-state index is -0.202. The highest BCUT2D eigenvalue weighted by Gasteiger charge is 2.39. The van der Waals surface area contributed by atoms with E-state index in [-0.39, 0.29) is 5.41 Å². The summed E-state index contributed by atoms with van der Waals surface area (Å²) in [7, 11) is 0. The lowest BCUT2D eigenvalue weighted by Gasteiger charge is -2.35. The Kier molecular flexibility index (Phi) is 2.02. The summed E-state index contributed by atoms with van der Waals surface area (Å²) < 4.78 is 1.21. The van der Waals surface area contributed by atoms with Crippen molar-refractivity contribution < 1.29 is 0 Å². The number of nitrogens with zero attached hydrogens (tertiary/aromatic N) is 2. The molecule has 0 radical (unpaired) electrons. The molecule has 80 valence electrons. The fraction of sp³-hybridized carbons (Fsp3) is 0.385. The Morgan fingerprint density at radius 1 is 1.44 bits per heavy atom. The Balaban J connectivity index is 2.15. The summed E-state index contributed by atoms with van der Waals surface area (Å²) >= 11 is 1.71. The highest BCUT2D eigenvalue weighted by atomic mass is 32.1. The number of hydrogen-bond acceptors (Lipinski definition) is 3. The van der Waals surface area contributed by atoms with Crippen LogP contribution in [-0.2, 0) is 5.41 Å². The summed E-state index contributed by atoms with van der Waals surface area (Å²) in [4.78, 5) is 4.44. The average Bonchev–Trinajstić information content (AvgIpc) is 2.56. The van der Waals surface area contributed by atoms with Gasteiger partial charge >= 0.3 is 0 Å². The maximum absolute atomic E-state index is 9.31. The minimum Gasteiger partial charge on any atom is -0.242 e. The summed E-state index contributed by atoms with van der Waals surface area (Å²) in [6.45, 7) is 2.02. The van der Waals surface area contributed by atoms with Gasteiger partial charge in [0.05, 0.1) is 26.7 Å². The van der Waals surface area contributed by atoms with E-state index in [1.54, 1.807) is 11.3 Å². The summed E-state index contributed by atoms with van der Waals surface area (Å²) in [5.41, 5.74) is 2.03. The Morgan fingerprint density at radius 2 is 2.25 bits per heavy atom. The predicted octanol–water partition coefficient (Wildman–Crippen LogP) is 3.55. The second-order valence-corrected chi connectivity index (χ2v) is 5.70. The van der Waals surface area contributed by atoms with Gasteiger partial charge in [-0.15, -0.1) is 11.3 Å². The minimum absolute atomic E-state index is 0.202. The van der Waals surface area contributed by atoms with Crippen LogP contribution in [0.15, 0.2) is 18.2 Å². The lowest BCUT2D eigenvalue weighted by Crippen LogP contribution is -2.32. The van der Waals surface area contributed by atoms with Gasteiger partial charge in [0, 0.05) is 0 Å². The van der Waals surface area contributed by atoms with Gasteiger partial charge in [-0.05, 0) is 43.9 Å². The second kappa shape index (κ2) is 3.29. The molecule has 0 saturated heterocycles. The lowest BCUT2D eigenvalue weighted by molar-refractivity contribution is 0.324. The predicted molar refractivity (Wildman–Crippen MR) is 65.5 cm³/mol. The number of thiazole rings is 1. The first-order chi connectivity index (χ1) is 7.73. The topological polar surface area (TPSA) is 36.7 Å². The summed E-state index contributed by atoms with van der Waals surface area (Å²) in [5.74, 6) is 0. The normalized spacial score (nSPS) is 18.0. The maximum Gasteiger partial charge on any atom is 0.0907 e. The number of fused-ring (bicyclic) bond motifs is 1. The van der Waals surface area contributed by atoms with Gasteiger partial charge < -0.3 is 0 Å². The van der Waals surface area contributed by atoms with Crippen LogP contribution in [0.25, 0.3) is 10.2 Å². The van der Waals surface area contributed by atoms with Gasteiger partial charge in [-0.1, -0.05) is 6.07 Å². The van der Waals surface area contributed by atoms with E-state index in [4.69, 9.17) is 0 Å². The van der Waals surface area contributed by atoms with Crippen LogP contribution in [0.3, 0.4) is 0 Å². The number of aromatic nitrogens is 1. The molecular weight excluding hydrogens is 216 g/mol. The molecule has 1 aromatic heterocycles. The van der Waals surface area contributed by atoms with Crippen LogP contribution >= 0.6 is 11.3 Å². The largest absolute Gasteiger partial charge is 0.242 e. The van der Waals surface area contributed by atoms with Gasteiger partial charge in [0.25, 0.3) is 0 Å². The molecule has 3 rings (SSSR count). The van der Waals surface area contributed by atoms with Gasteiger partial charge in [-0.25, -0.2) is 4.98 Å². The van der Waals surface area contributed by atoms with E-state index in [9.17, 15) is 5.26 Å². The Morgan fingerprint density at radius 3 is 2.88 bits per heavy atom. The summed E-state index contributed by atoms with van der Waals surface area (Å²) in [6, 6.07) is 8.76. The van der Waals surface area contributed by atoms with E-state index in [0.29, 0.717) is 0 Å². The smallest absolute Gasteiger partial charge is 0.0907 e. The maximum atomic E-state index is 9.31. The van der Waals surface area contributed by atoms with Crippen LogP contribution in [-0.4, -0.2) is 4.98 Å². The third-order valence-corrected chi connectivity index (χ3v) is 4.40. The molecule has 0 aliphatic heterocycles. The van der Waals surface area contributed by atoms with Gasteiger partial charge in [0.2, 0.25) is 0 Å². The SMILES string of the molecule is Cc1nc2ccc(C3(C#N)CCC3)cc2s1. The molecule has 1 aromatic carbocycles. The van der Waals surface area contributed by atoms with E-state index in [2.05, 4.69) is 23.2 Å². The van der Waals surface area contributed by atoms with Crippen molar-refractivity contribution in [2.45, 2.75) is 31.6 Å². The van der Waals surface area contributed by atoms with E-state index in [0.717, 1.165) is 23.4 Å². The molecule has 2 aromatic rings. The van der Waals surface area contributed by atoms with Crippen molar-refractivity contribution in [2.24, 2.45) is 0 Å². The van der Waals surface area contributed by atoms with E-state index in [1.807, 2.05) is 13.0 Å². The van der Waals surface area contributed by atoms with Crippen LogP contribution in [0.2, 0.25) is 0 Å². The molecule has 1 aliphatic rings. The van der Waals surface area contributed by atoms with E-state index < -0.39 is 0 Å². The Labute approximate surface area is 98.5 Å². The molecule has 0 amide bonds. The molecule has 1 aliphatic carbocycles. The third kappa shape index (κ3) is 1.27. The fourth-order valence-corrected chi connectivity index (χ4v) is 3.20. The number of rotatable bonds is 1. The van der Waals surface area contributed by atoms with Crippen molar-refractivity contribution in [1.29, 1.82) is 5.26 Å². The van der Waals surface area contributed by atoms with Gasteiger partial charge in [0.15, 0.2) is 0 Å². The van der Waals surface area contributed by atoms with Crippen LogP contribution in [0.1, 0.15) is 29.8 Å². The lowest BCUT2D eigenvalue weighted by atomic mass is 9.65. The first-order valence-electron chi connectivity index (χ1n) is 5.52.